The third-order valence-electron chi connectivity index (χ3n) is 12.2. The van der Waals surface area contributed by atoms with Gasteiger partial charge in [0.05, 0.1) is 11.4 Å². The maximum atomic E-state index is 4.47. The number of allylic oxidation sites excluding steroid dienone is 2. The molecule has 123 heavy (non-hydrogen) atoms. The third-order valence-corrected chi connectivity index (χ3v) is 28.0. The summed E-state index contributed by atoms with van der Waals surface area (Å²) >= 11 is 0. The van der Waals surface area contributed by atoms with Crippen molar-refractivity contribution < 1.29 is 0 Å². The second-order valence-electron chi connectivity index (χ2n) is 44.3. The van der Waals surface area contributed by atoms with E-state index in [4.69, 9.17) is 0 Å². The van der Waals surface area contributed by atoms with E-state index in [1.54, 1.807) is 0 Å². The molecule has 8 unspecified atom stereocenters. The fourth-order valence-electron chi connectivity index (χ4n) is 5.92. The van der Waals surface area contributed by atoms with Crippen LogP contribution in [0.2, 0.25) is 0 Å². The van der Waals surface area contributed by atoms with Gasteiger partial charge in [0.25, 0.3) is 0 Å². The van der Waals surface area contributed by atoms with E-state index in [-0.39, 0.29) is 160 Å². The molecule has 0 saturated carbocycles. The van der Waals surface area contributed by atoms with E-state index in [0.29, 0.717) is 30.5 Å². The molecule has 0 aromatic heterocycles. The first-order valence-corrected chi connectivity index (χ1v) is 58.0. The van der Waals surface area contributed by atoms with Crippen molar-refractivity contribution in [2.45, 2.75) is 511 Å². The highest BCUT2D eigenvalue weighted by Gasteiger charge is 2.20. The lowest BCUT2D eigenvalue weighted by Crippen LogP contribution is -2.37. The molecule has 8 atom stereocenters. The first kappa shape index (κ1) is 169. The molecule has 0 aliphatic carbocycles. The standard InChI is InChI=1S/C11H23NS.C11H25NS.2C11H23NS.2C11H25NS.2C11H23NS.8C2H6.3CH4/c1-10(2,3)8-13(7)9-12-11(4,5)6;2*1-10(2,3)8-12-9-13(7)11(4,5)6;1-10(2,3)8-12-13(7)9-11(4,5)6;2*1-10(2,3)12-8-9-13(7)11(4,5)6;1-10(2,3)8-9-13(7)12-11(4,5)6;1-10(2,3)8-9-12-13(7)11(4,5)6;8*1-2;;;/h9H,7-8H2,1-6H3;12H,7-9H2,1-6H3;2*8H,7,9H2,1-6H3;2*12H,7-9H2,1-6H3;2*8-9,12H,7H2,1-6H3;8*1-2H3;3*1H4/b;;;;;;2*9-8-;;;;;;;;;;;. The zero-order valence-corrected chi connectivity index (χ0v) is 102. The minimum absolute atomic E-state index is 0. The summed E-state index contributed by atoms with van der Waals surface area (Å²) in [6.07, 6.45) is 10.5. The average Bonchev–Trinajstić information content (AvgIpc) is 0.945. The quantitative estimate of drug-likeness (QED) is 0.0504. The molecule has 0 radical (unpaired) electrons. The zero-order chi connectivity index (χ0) is 102. The van der Waals surface area contributed by atoms with Crippen LogP contribution in [0.4, 0.5) is 0 Å². The molecule has 0 fully saturated rings. The SMILES string of the molecule is C.C.C.C=S(/C=C\C(C)(C)C)NC(C)(C)C.C=S(C=NC(C)(C)C)CC(C)(C)C.C=S(CC(C)(C)C)N=CC(C)(C)C.C=S(CCNC(C)(C)C)C(C)(C)C.C=S(CCNC(C)(C)C)C(C)(C)C.C=S(CN=CC(C)(C)C)C(C)(C)C.C=S(CNCC(C)(C)C)C(C)(C)C.C=S(N/C=C\C(C)(C)C)C(C)(C)C.CC.CC.CC.CC.CC.CC.CC.CC. The minimum atomic E-state index is -0.0665. The molecule has 0 spiro atoms. The molecule has 0 aromatic carbocycles. The van der Waals surface area contributed by atoms with Gasteiger partial charge in [-0.1, -0.05) is 442 Å². The fourth-order valence-corrected chi connectivity index (χ4v) is 14.5. The highest BCUT2D eigenvalue weighted by molar-refractivity contribution is 8.25. The van der Waals surface area contributed by atoms with Crippen LogP contribution in [0.5, 0.6) is 0 Å². The van der Waals surface area contributed by atoms with Crippen LogP contribution < -0.4 is 25.4 Å². The first-order chi connectivity index (χ1) is 52.9. The maximum Gasteiger partial charge on any atom is 0.0792 e. The topological polar surface area (TPSA) is 97.2 Å². The molecule has 5 N–H and O–H groups in total. The molecule has 16 heteroatoms. The predicted molar refractivity (Wildman–Crippen MR) is 646 cm³/mol. The number of hydrogen-bond donors (Lipinski definition) is 5. The van der Waals surface area contributed by atoms with Gasteiger partial charge in [0.15, 0.2) is 0 Å². The summed E-state index contributed by atoms with van der Waals surface area (Å²) < 4.78 is 12.8. The van der Waals surface area contributed by atoms with E-state index >= 15 is 0 Å². The van der Waals surface area contributed by atoms with Crippen LogP contribution in [0.25, 0.3) is 0 Å². The number of aliphatic imine (C=N–C) groups is 2. The van der Waals surface area contributed by atoms with Crippen molar-refractivity contribution in [3.05, 3.63) is 23.8 Å². The minimum Gasteiger partial charge on any atom is -0.342 e. The van der Waals surface area contributed by atoms with Gasteiger partial charge in [0.1, 0.15) is 0 Å². The van der Waals surface area contributed by atoms with Crippen LogP contribution in [0.15, 0.2) is 38.1 Å². The van der Waals surface area contributed by atoms with Crippen LogP contribution >= 0.6 is 84.4 Å². The van der Waals surface area contributed by atoms with Crippen molar-refractivity contribution in [3.8, 4) is 0 Å². The second kappa shape index (κ2) is 86.0. The van der Waals surface area contributed by atoms with E-state index in [9.17, 15) is 0 Å². The Bertz CT molecular complexity index is 2370. The van der Waals surface area contributed by atoms with Crippen molar-refractivity contribution in [3.63, 3.8) is 0 Å². The monoisotopic (exact) mass is 1900 g/mol. The average molecular weight is 1910 g/mol. The van der Waals surface area contributed by atoms with Crippen LogP contribution in [0.1, 0.15) is 465 Å². The predicted octanol–water partition coefficient (Wildman–Crippen LogP) is 36.9. The summed E-state index contributed by atoms with van der Waals surface area (Å²) in [5.41, 5.74) is 4.63. The molecule has 8 nitrogen and oxygen atoms in total. The summed E-state index contributed by atoms with van der Waals surface area (Å²) in [5, 5.41) is 12.6. The first-order valence-electron chi connectivity index (χ1n) is 45.8. The normalized spacial score (nSPS) is 14.1. The molecule has 0 aromatic rings. The van der Waals surface area contributed by atoms with Gasteiger partial charge < -0.3 is 20.7 Å². The maximum absolute atomic E-state index is 4.47. The summed E-state index contributed by atoms with van der Waals surface area (Å²) in [5.74, 6) is 39.5. The van der Waals surface area contributed by atoms with E-state index in [1.165, 1.54) is 11.5 Å². The number of rotatable bonds is 19. The Kier molecular flexibility index (Phi) is 118. The Labute approximate surface area is 809 Å². The Balaban J connectivity index is -0.0000000574. The Hall–Kier alpha value is -0.110. The molecule has 0 aliphatic heterocycles. The van der Waals surface area contributed by atoms with Crippen molar-refractivity contribution >= 4 is 149 Å². The van der Waals surface area contributed by atoms with Crippen molar-refractivity contribution in [1.29, 1.82) is 0 Å². The Morgan fingerprint density at radius 3 is 0.854 bits per heavy atom. The van der Waals surface area contributed by atoms with Gasteiger partial charge >= 0.3 is 0 Å². The summed E-state index contributed by atoms with van der Waals surface area (Å²) in [4.78, 5) is 8.90. The van der Waals surface area contributed by atoms with Gasteiger partial charge in [-0.05, 0) is 153 Å². The number of hydrogen-bond acceptors (Lipinski definition) is 8. The van der Waals surface area contributed by atoms with Crippen molar-refractivity contribution in [2.24, 2.45) is 52.3 Å². The van der Waals surface area contributed by atoms with Gasteiger partial charge in [-0.15, -0.1) is 10.7 Å². The molecule has 0 amide bonds. The van der Waals surface area contributed by atoms with E-state index in [2.05, 4.69) is 437 Å². The van der Waals surface area contributed by atoms with Crippen LogP contribution in [0, 0.1) is 37.9 Å². The Morgan fingerprint density at radius 1 is 0.325 bits per heavy atom. The summed E-state index contributed by atoms with van der Waals surface area (Å²) in [6, 6.07) is 0. The lowest BCUT2D eigenvalue weighted by atomic mass is 9.97. The second-order valence-corrected chi connectivity index (χ2v) is 61.1. The van der Waals surface area contributed by atoms with Gasteiger partial charge in [0.2, 0.25) is 0 Å². The molecule has 0 saturated heterocycles. The fraction of sp³-hybridized carbons (Fsp3) is 0.860. The molecule has 0 aliphatic rings. The molecule has 0 bridgehead atoms. The van der Waals surface area contributed by atoms with Gasteiger partial charge in [-0.25, -0.2) is 4.40 Å². The highest BCUT2D eigenvalue weighted by Crippen LogP contribution is 2.33. The van der Waals surface area contributed by atoms with Crippen molar-refractivity contribution in [1.82, 2.24) is 25.4 Å². The van der Waals surface area contributed by atoms with Gasteiger partial charge in [-0.3, -0.25) is 14.7 Å². The van der Waals surface area contributed by atoms with E-state index in [1.807, 2.05) is 135 Å². The van der Waals surface area contributed by atoms with E-state index < -0.39 is 0 Å². The summed E-state index contributed by atoms with van der Waals surface area (Å²) in [7, 11) is 0.808. The molecule has 0 rings (SSSR count). The number of nitrogens with zero attached hydrogens (tertiary/aromatic N) is 3. The number of nitrogens with one attached hydrogen (secondary N) is 5. The molecular weight excluding hydrogens is 1650 g/mol. The Morgan fingerprint density at radius 2 is 0.626 bits per heavy atom. The summed E-state index contributed by atoms with van der Waals surface area (Å²) in [6.45, 7) is 141. The van der Waals surface area contributed by atoms with E-state index in [0.717, 1.165) is 42.9 Å². The van der Waals surface area contributed by atoms with Crippen molar-refractivity contribution in [2.75, 3.05) is 54.4 Å². The van der Waals surface area contributed by atoms with Crippen LogP contribution in [-0.2, 0) is 0 Å². The highest BCUT2D eigenvalue weighted by atomic mass is 32.2. The smallest absolute Gasteiger partial charge is 0.0792 e. The molecule has 0 heterocycles. The lowest BCUT2D eigenvalue weighted by Gasteiger charge is -2.26. The lowest BCUT2D eigenvalue weighted by molar-refractivity contribution is 0.392. The molecule has 766 valence electrons. The zero-order valence-electron chi connectivity index (χ0n) is 95.2. The third kappa shape index (κ3) is 183. The molecular formula is C107H250N8S8. The van der Waals surface area contributed by atoms with Gasteiger partial charge in [0, 0.05) is 107 Å². The van der Waals surface area contributed by atoms with Crippen LogP contribution in [0.3, 0.4) is 0 Å². The van der Waals surface area contributed by atoms with Gasteiger partial charge in [-0.2, -0.15) is 52.4 Å². The van der Waals surface area contributed by atoms with Crippen LogP contribution in [-0.4, -0.2) is 165 Å². The largest absolute Gasteiger partial charge is 0.342 e.